The first-order valence-electron chi connectivity index (χ1n) is 9.54. The van der Waals surface area contributed by atoms with Gasteiger partial charge >= 0.3 is 7.25 Å². The van der Waals surface area contributed by atoms with Gasteiger partial charge in [-0.3, -0.25) is 0 Å². The van der Waals surface area contributed by atoms with Crippen LogP contribution in [0.25, 0.3) is 27.7 Å². The van der Waals surface area contributed by atoms with Crippen LogP contribution in [0.5, 0.6) is 0 Å². The number of hydrogen-bond donors (Lipinski definition) is 1. The zero-order chi connectivity index (χ0) is 22.2. The predicted octanol–water partition coefficient (Wildman–Crippen LogP) is 7.29. The van der Waals surface area contributed by atoms with Gasteiger partial charge in [0.2, 0.25) is 0 Å². The van der Waals surface area contributed by atoms with Crippen molar-refractivity contribution in [1.82, 2.24) is 0 Å². The van der Waals surface area contributed by atoms with Crippen LogP contribution in [0, 0.1) is 27.7 Å². The summed E-state index contributed by atoms with van der Waals surface area (Å²) in [6.45, 7) is 8.70. The van der Waals surface area contributed by atoms with Gasteiger partial charge in [0, 0.05) is 23.3 Å². The van der Waals surface area contributed by atoms with Crippen LogP contribution in [0.1, 0.15) is 27.8 Å². The van der Waals surface area contributed by atoms with Crippen LogP contribution in [-0.2, 0) is 6.61 Å². The third-order valence-corrected chi connectivity index (χ3v) is 4.88. The molecule has 1 heterocycles. The van der Waals surface area contributed by atoms with Crippen molar-refractivity contribution in [3.63, 3.8) is 0 Å². The van der Waals surface area contributed by atoms with Crippen LogP contribution in [-0.4, -0.2) is 12.4 Å². The number of fused-ring (bicyclic) bond motifs is 3. The Bertz CT molecular complexity index is 1140. The zero-order valence-electron chi connectivity index (χ0n) is 17.3. The molecule has 0 bridgehead atoms. The van der Waals surface area contributed by atoms with E-state index in [1.807, 2.05) is 12.1 Å². The quantitative estimate of drug-likeness (QED) is 0.206. The number of rotatable bonds is 2. The fourth-order valence-electron chi connectivity index (χ4n) is 3.92. The fourth-order valence-corrected chi connectivity index (χ4v) is 3.92. The highest BCUT2D eigenvalue weighted by molar-refractivity contribution is 6.50. The van der Waals surface area contributed by atoms with Gasteiger partial charge in [-0.1, -0.05) is 0 Å². The van der Waals surface area contributed by atoms with Crippen molar-refractivity contribution in [2.75, 3.05) is 0 Å². The van der Waals surface area contributed by atoms with Gasteiger partial charge in [-0.25, -0.2) is 0 Å². The van der Waals surface area contributed by atoms with E-state index in [-0.39, 0.29) is 6.61 Å². The molecule has 0 aliphatic rings. The molecule has 1 N–H and O–H groups in total. The molecule has 0 saturated carbocycles. The minimum Gasteiger partial charge on any atom is -0.498 e. The zero-order valence-corrected chi connectivity index (χ0v) is 17.3. The first-order valence-corrected chi connectivity index (χ1v) is 9.54. The highest BCUT2D eigenvalue weighted by atomic mass is 19.5. The molecule has 158 valence electrons. The largest absolute Gasteiger partial charge is 0.673 e. The molecule has 0 aliphatic carbocycles. The molecule has 0 aliphatic heterocycles. The van der Waals surface area contributed by atoms with Gasteiger partial charge in [-0.2, -0.15) is 0 Å². The molecule has 0 unspecified atom stereocenters. The van der Waals surface area contributed by atoms with Crippen LogP contribution in [0.15, 0.2) is 52.6 Å². The topological polar surface area (TPSA) is 22.9 Å². The maximum atomic E-state index is 9.75. The molecule has 1 aromatic heterocycles. The highest BCUT2D eigenvalue weighted by Gasteiger charge is 2.25. The van der Waals surface area contributed by atoms with Crippen molar-refractivity contribution >= 4 is 29.2 Å². The summed E-state index contributed by atoms with van der Waals surface area (Å²) in [7, 11) is -6.00. The number of benzene rings is 3. The SMILES string of the molecule is Cc1cc(C)c2c(c1)c1cc(C)cc(C)c1[o+]2-c1ccc(CO)cc1.F[B-](F)(F)F. The second kappa shape index (κ2) is 8.15. The first kappa shape index (κ1) is 21.9. The average Bonchev–Trinajstić information content (AvgIpc) is 2.95. The maximum absolute atomic E-state index is 9.75. The molecule has 2 nitrogen and oxygen atoms in total. The lowest BCUT2D eigenvalue weighted by atomic mass is 10.0. The lowest BCUT2D eigenvalue weighted by Gasteiger charge is -2.08. The predicted molar refractivity (Wildman–Crippen MR) is 115 cm³/mol. The van der Waals surface area contributed by atoms with Gasteiger partial charge in [0.05, 0.1) is 17.4 Å². The number of aliphatic hydroxyl groups excluding tert-OH is 1. The number of halogens is 4. The van der Waals surface area contributed by atoms with Crippen LogP contribution in [0.4, 0.5) is 17.3 Å². The van der Waals surface area contributed by atoms with E-state index in [0.29, 0.717) is 0 Å². The molecule has 3 aromatic carbocycles. The van der Waals surface area contributed by atoms with E-state index in [9.17, 15) is 22.4 Å². The van der Waals surface area contributed by atoms with E-state index in [1.165, 1.54) is 44.2 Å². The molecule has 0 radical (unpaired) electrons. The molecular weight excluding hydrogens is 395 g/mol. The highest BCUT2D eigenvalue weighted by Crippen LogP contribution is 2.42. The standard InChI is InChI=1S/C23H23O2.BF4/c1-14-9-16(3)22-20(11-14)21-12-15(2)10-17(4)23(21)25(22)19-7-5-18(13-24)6-8-19;2-1(3,4)5/h5-12,24H,13H2,1-4H3;/q+1;-1. The van der Waals surface area contributed by atoms with E-state index in [0.717, 1.165) is 11.3 Å². The van der Waals surface area contributed by atoms with E-state index >= 15 is 0 Å². The van der Waals surface area contributed by atoms with Gasteiger partial charge in [0.1, 0.15) is 0 Å². The van der Waals surface area contributed by atoms with E-state index in [2.05, 4.69) is 68.1 Å². The average molecular weight is 418 g/mol. The third-order valence-electron chi connectivity index (χ3n) is 4.88. The van der Waals surface area contributed by atoms with Crippen LogP contribution in [0.3, 0.4) is 0 Å². The number of furan rings is 1. The second-order valence-corrected chi connectivity index (χ2v) is 7.52. The second-order valence-electron chi connectivity index (χ2n) is 7.52. The van der Waals surface area contributed by atoms with Crippen molar-refractivity contribution in [1.29, 1.82) is 0 Å². The summed E-state index contributed by atoms with van der Waals surface area (Å²) in [6.07, 6.45) is 0. The van der Waals surface area contributed by atoms with Gasteiger partial charge in [-0.05, 0) is 80.8 Å². The van der Waals surface area contributed by atoms with E-state index in [4.69, 9.17) is 0 Å². The van der Waals surface area contributed by atoms with Gasteiger partial charge < -0.3 is 26.4 Å². The van der Waals surface area contributed by atoms with Crippen LogP contribution in [0.2, 0.25) is 0 Å². The summed E-state index contributed by atoms with van der Waals surface area (Å²) in [5.41, 5.74) is 8.35. The van der Waals surface area contributed by atoms with Crippen LogP contribution < -0.4 is 0 Å². The van der Waals surface area contributed by atoms with Crippen molar-refractivity contribution in [2.45, 2.75) is 34.3 Å². The molecular formula is C23H23BF4O2. The Hall–Kier alpha value is -2.80. The minimum absolute atomic E-state index is 0.0641. The first-order chi connectivity index (χ1) is 14.0. The Morgan fingerprint density at radius 3 is 1.50 bits per heavy atom. The normalized spacial score (nSPS) is 11.6. The molecule has 30 heavy (non-hydrogen) atoms. The molecule has 0 amide bonds. The van der Waals surface area contributed by atoms with Crippen molar-refractivity contribution < 1.29 is 26.4 Å². The Kier molecular flexibility index (Phi) is 5.95. The van der Waals surface area contributed by atoms with Crippen molar-refractivity contribution in [3.05, 3.63) is 76.3 Å². The third kappa shape index (κ3) is 4.51. The van der Waals surface area contributed by atoms with Crippen molar-refractivity contribution in [2.24, 2.45) is 0 Å². The minimum atomic E-state index is -6.00. The summed E-state index contributed by atoms with van der Waals surface area (Å²) in [6, 6.07) is 17.1. The van der Waals surface area contributed by atoms with Crippen molar-refractivity contribution in [3.8, 4) is 5.75 Å². The molecule has 0 fully saturated rings. The molecule has 7 heteroatoms. The molecule has 4 rings (SSSR count). The molecule has 0 spiro atoms. The molecule has 0 atom stereocenters. The summed E-state index contributed by atoms with van der Waals surface area (Å²) >= 11 is 0. The van der Waals surface area contributed by atoms with Crippen LogP contribution >= 0.6 is 0 Å². The van der Waals surface area contributed by atoms with Gasteiger partial charge in [-0.15, -0.1) is 0 Å². The summed E-state index contributed by atoms with van der Waals surface area (Å²) in [4.78, 5) is 0. The Balaban J connectivity index is 0.000000461. The van der Waals surface area contributed by atoms with E-state index in [1.54, 1.807) is 0 Å². The van der Waals surface area contributed by atoms with E-state index < -0.39 is 7.25 Å². The smallest absolute Gasteiger partial charge is 0.498 e. The lowest BCUT2D eigenvalue weighted by Crippen LogP contribution is -2.02. The van der Waals surface area contributed by atoms with Gasteiger partial charge in [0.25, 0.3) is 16.9 Å². The Morgan fingerprint density at radius 1 is 0.733 bits per heavy atom. The number of aliphatic hydroxyl groups is 1. The molecule has 0 saturated heterocycles. The number of hydrogen-bond acceptors (Lipinski definition) is 1. The Labute approximate surface area is 172 Å². The summed E-state index contributed by atoms with van der Waals surface area (Å²) < 4.78 is 42.4. The molecule has 4 aromatic rings. The fraction of sp³-hybridized carbons (Fsp3) is 0.217. The number of aryl methyl sites for hydroxylation is 4. The summed E-state index contributed by atoms with van der Waals surface area (Å²) in [5, 5.41) is 11.9. The monoisotopic (exact) mass is 418 g/mol. The summed E-state index contributed by atoms with van der Waals surface area (Å²) in [5.74, 6) is 1.05. The Morgan fingerprint density at radius 2 is 1.13 bits per heavy atom. The lowest BCUT2D eigenvalue weighted by molar-refractivity contribution is 0.281. The maximum Gasteiger partial charge on any atom is 0.673 e. The van der Waals surface area contributed by atoms with Gasteiger partial charge in [0.15, 0.2) is 0 Å².